The van der Waals surface area contributed by atoms with Crippen molar-refractivity contribution in [1.29, 1.82) is 0 Å². The van der Waals surface area contributed by atoms with E-state index in [9.17, 15) is 5.11 Å². The average molecular weight is 287 g/mol. The summed E-state index contributed by atoms with van der Waals surface area (Å²) in [7, 11) is 0. The summed E-state index contributed by atoms with van der Waals surface area (Å²) < 4.78 is 0. The molecule has 0 saturated heterocycles. The highest BCUT2D eigenvalue weighted by Crippen LogP contribution is 2.27. The van der Waals surface area contributed by atoms with Crippen molar-refractivity contribution in [1.82, 2.24) is 0 Å². The van der Waals surface area contributed by atoms with E-state index < -0.39 is 0 Å². The Hall–Kier alpha value is -1.80. The van der Waals surface area contributed by atoms with Crippen LogP contribution in [0.3, 0.4) is 0 Å². The van der Waals surface area contributed by atoms with Crippen LogP contribution in [-0.2, 0) is 0 Å². The molecule has 0 aliphatic rings. The van der Waals surface area contributed by atoms with Gasteiger partial charge in [-0.05, 0) is 41.6 Å². The summed E-state index contributed by atoms with van der Waals surface area (Å²) >= 11 is 5.90. The van der Waals surface area contributed by atoms with Crippen LogP contribution in [0.4, 0.5) is 5.69 Å². The third-order valence-electron chi connectivity index (χ3n) is 3.16. The largest absolute Gasteiger partial charge is 0.861 e. The first kappa shape index (κ1) is 14.6. The van der Waals surface area contributed by atoms with Gasteiger partial charge in [0.1, 0.15) is 0 Å². The van der Waals surface area contributed by atoms with Gasteiger partial charge in [0.25, 0.3) is 0 Å². The Morgan fingerprint density at radius 3 is 2.15 bits per heavy atom. The van der Waals surface area contributed by atoms with E-state index >= 15 is 0 Å². The topological polar surface area (TPSA) is 35.4 Å². The summed E-state index contributed by atoms with van der Waals surface area (Å²) in [6.45, 7) is 4.05. The minimum absolute atomic E-state index is 0.117. The fourth-order valence-electron chi connectivity index (χ4n) is 2.18. The van der Waals surface area contributed by atoms with Crippen molar-refractivity contribution in [2.45, 2.75) is 19.8 Å². The minimum atomic E-state index is -0.243. The summed E-state index contributed by atoms with van der Waals surface area (Å²) in [5.74, 6) is -0.183. The van der Waals surface area contributed by atoms with E-state index in [4.69, 9.17) is 11.6 Å². The molecule has 0 aliphatic heterocycles. The van der Waals surface area contributed by atoms with Crippen molar-refractivity contribution >= 4 is 23.2 Å². The van der Waals surface area contributed by atoms with Crippen molar-refractivity contribution in [3.05, 3.63) is 65.2 Å². The van der Waals surface area contributed by atoms with Gasteiger partial charge in [-0.25, -0.2) is 0 Å². The van der Waals surface area contributed by atoms with Gasteiger partial charge < -0.3 is 5.11 Å². The van der Waals surface area contributed by atoms with Gasteiger partial charge in [-0.1, -0.05) is 55.8 Å². The predicted molar refractivity (Wildman–Crippen MR) is 82.6 cm³/mol. The van der Waals surface area contributed by atoms with Crippen LogP contribution in [0, 0.1) is 5.92 Å². The molecule has 2 aromatic rings. The van der Waals surface area contributed by atoms with Crippen LogP contribution in [0.2, 0.25) is 5.02 Å². The lowest BCUT2D eigenvalue weighted by Gasteiger charge is -2.27. The maximum Gasteiger partial charge on any atom is 0.0618 e. The van der Waals surface area contributed by atoms with Crippen molar-refractivity contribution in [2.75, 3.05) is 0 Å². The molecule has 2 nitrogen and oxygen atoms in total. The number of para-hydroxylation sites is 1. The van der Waals surface area contributed by atoms with Crippen molar-refractivity contribution in [3.63, 3.8) is 0 Å². The third kappa shape index (κ3) is 3.61. The van der Waals surface area contributed by atoms with Gasteiger partial charge in [-0.2, -0.15) is 0 Å². The summed E-state index contributed by atoms with van der Waals surface area (Å²) in [5.41, 5.74) is 1.64. The second-order valence-electron chi connectivity index (χ2n) is 5.06. The quantitative estimate of drug-likeness (QED) is 0.614. The monoisotopic (exact) mass is 286 g/mol. The molecular weight excluding hydrogens is 270 g/mol. The molecule has 0 bridgehead atoms. The molecule has 0 heterocycles. The van der Waals surface area contributed by atoms with E-state index in [2.05, 4.69) is 4.99 Å². The SMILES string of the molecule is CC(C)C(C([O-])=Nc1ccccc1)c1ccc(Cl)cc1. The first-order chi connectivity index (χ1) is 9.58. The van der Waals surface area contributed by atoms with Gasteiger partial charge in [-0.15, -0.1) is 0 Å². The zero-order chi connectivity index (χ0) is 14.5. The Morgan fingerprint density at radius 2 is 1.60 bits per heavy atom. The highest BCUT2D eigenvalue weighted by molar-refractivity contribution is 6.30. The first-order valence-corrected chi connectivity index (χ1v) is 7.02. The Balaban J connectivity index is 2.33. The summed E-state index contributed by atoms with van der Waals surface area (Å²) in [6.07, 6.45) is 0. The summed E-state index contributed by atoms with van der Waals surface area (Å²) in [4.78, 5) is 4.21. The molecule has 0 radical (unpaired) electrons. The van der Waals surface area contributed by atoms with Crippen LogP contribution in [-0.4, -0.2) is 5.90 Å². The van der Waals surface area contributed by atoms with Gasteiger partial charge in [0, 0.05) is 10.9 Å². The van der Waals surface area contributed by atoms with E-state index in [0.717, 1.165) is 5.56 Å². The van der Waals surface area contributed by atoms with Gasteiger partial charge in [0.15, 0.2) is 0 Å². The second-order valence-corrected chi connectivity index (χ2v) is 5.50. The minimum Gasteiger partial charge on any atom is -0.861 e. The molecule has 0 fully saturated rings. The Morgan fingerprint density at radius 1 is 1.00 bits per heavy atom. The molecule has 0 aromatic heterocycles. The molecule has 1 atom stereocenters. The maximum absolute atomic E-state index is 12.4. The highest BCUT2D eigenvalue weighted by atomic mass is 35.5. The zero-order valence-corrected chi connectivity index (χ0v) is 12.3. The summed E-state index contributed by atoms with van der Waals surface area (Å²) in [6, 6.07) is 16.7. The van der Waals surface area contributed by atoms with E-state index in [-0.39, 0.29) is 17.7 Å². The number of hydrogen-bond acceptors (Lipinski definition) is 2. The average Bonchev–Trinajstić information content (AvgIpc) is 2.42. The number of rotatable bonds is 4. The lowest BCUT2D eigenvalue weighted by Crippen LogP contribution is -2.29. The molecule has 0 N–H and O–H groups in total. The van der Waals surface area contributed by atoms with Crippen molar-refractivity contribution < 1.29 is 5.11 Å². The molecule has 0 spiro atoms. The Labute approximate surface area is 124 Å². The number of aliphatic imine (C=N–C) groups is 1. The fraction of sp³-hybridized carbons (Fsp3) is 0.235. The van der Waals surface area contributed by atoms with Gasteiger partial charge in [0.2, 0.25) is 0 Å². The maximum atomic E-state index is 12.4. The van der Waals surface area contributed by atoms with E-state index in [0.29, 0.717) is 10.7 Å². The van der Waals surface area contributed by atoms with Crippen LogP contribution < -0.4 is 5.11 Å². The van der Waals surface area contributed by atoms with Crippen LogP contribution >= 0.6 is 11.6 Å². The Kier molecular flexibility index (Phi) is 4.80. The zero-order valence-electron chi connectivity index (χ0n) is 11.6. The van der Waals surface area contributed by atoms with Crippen LogP contribution in [0.5, 0.6) is 0 Å². The van der Waals surface area contributed by atoms with E-state index in [1.54, 1.807) is 0 Å². The lowest BCUT2D eigenvalue weighted by atomic mass is 9.88. The van der Waals surface area contributed by atoms with Crippen molar-refractivity contribution in [3.8, 4) is 0 Å². The highest BCUT2D eigenvalue weighted by Gasteiger charge is 2.16. The first-order valence-electron chi connectivity index (χ1n) is 6.64. The Bertz CT molecular complexity index is 576. The standard InChI is InChI=1S/C17H18ClNO/c1-12(2)16(13-8-10-14(18)11-9-13)17(20)19-15-6-4-3-5-7-15/h3-12,16H,1-2H3,(H,19,20)/p-1. The molecule has 1 unspecified atom stereocenters. The molecule has 2 aromatic carbocycles. The number of benzene rings is 2. The molecule has 0 saturated carbocycles. The molecule has 3 heteroatoms. The molecule has 0 aliphatic carbocycles. The summed E-state index contributed by atoms with van der Waals surface area (Å²) in [5, 5.41) is 13.1. The molecule has 0 amide bonds. The van der Waals surface area contributed by atoms with Crippen LogP contribution in [0.1, 0.15) is 25.3 Å². The number of nitrogens with zero attached hydrogens (tertiary/aromatic N) is 1. The molecule has 2 rings (SSSR count). The fourth-order valence-corrected chi connectivity index (χ4v) is 2.31. The van der Waals surface area contributed by atoms with Crippen LogP contribution in [0.25, 0.3) is 0 Å². The molecule has 20 heavy (non-hydrogen) atoms. The van der Waals surface area contributed by atoms with E-state index in [1.807, 2.05) is 68.4 Å². The van der Waals surface area contributed by atoms with Gasteiger partial charge in [0.05, 0.1) is 5.69 Å². The number of halogens is 1. The molecule has 104 valence electrons. The van der Waals surface area contributed by atoms with Crippen LogP contribution in [0.15, 0.2) is 59.6 Å². The van der Waals surface area contributed by atoms with Gasteiger partial charge >= 0.3 is 0 Å². The third-order valence-corrected chi connectivity index (χ3v) is 3.41. The predicted octanol–water partition coefficient (Wildman–Crippen LogP) is 4.17. The van der Waals surface area contributed by atoms with Gasteiger partial charge in [-0.3, -0.25) is 4.99 Å². The normalized spacial score (nSPS) is 13.5. The van der Waals surface area contributed by atoms with Crippen molar-refractivity contribution in [2.24, 2.45) is 10.9 Å². The smallest absolute Gasteiger partial charge is 0.0618 e. The lowest BCUT2D eigenvalue weighted by molar-refractivity contribution is -0.221. The second kappa shape index (κ2) is 6.58. The van der Waals surface area contributed by atoms with E-state index in [1.165, 1.54) is 0 Å². The number of hydrogen-bond donors (Lipinski definition) is 0. The molecular formula is C17H17ClNO-.